The van der Waals surface area contributed by atoms with E-state index in [2.05, 4.69) is 4.98 Å². The van der Waals surface area contributed by atoms with E-state index in [0.29, 0.717) is 18.2 Å². The summed E-state index contributed by atoms with van der Waals surface area (Å²) in [6.07, 6.45) is 5.57. The fourth-order valence-corrected chi connectivity index (χ4v) is 5.20. The summed E-state index contributed by atoms with van der Waals surface area (Å²) < 4.78 is 18.8. The summed E-state index contributed by atoms with van der Waals surface area (Å²) in [6.45, 7) is 0.363. The molecule has 30 heavy (non-hydrogen) atoms. The Labute approximate surface area is 177 Å². The molecule has 0 spiro atoms. The number of aromatic nitrogens is 2. The van der Waals surface area contributed by atoms with Crippen molar-refractivity contribution in [2.24, 2.45) is 0 Å². The van der Waals surface area contributed by atoms with E-state index in [0.717, 1.165) is 40.6 Å². The third kappa shape index (κ3) is 3.75. The average molecular weight is 421 g/mol. The van der Waals surface area contributed by atoms with Gasteiger partial charge in [0.25, 0.3) is 5.56 Å². The van der Waals surface area contributed by atoms with Crippen LogP contribution in [0.15, 0.2) is 53.3 Å². The smallest absolute Gasteiger partial charge is 0.260 e. The minimum absolute atomic E-state index is 0.0500. The van der Waals surface area contributed by atoms with Gasteiger partial charge in [-0.1, -0.05) is 18.6 Å². The van der Waals surface area contributed by atoms with E-state index in [1.807, 2.05) is 24.3 Å². The molecule has 0 atom stereocenters. The lowest BCUT2D eigenvalue weighted by Gasteiger charge is -2.07. The molecule has 1 aliphatic rings. The van der Waals surface area contributed by atoms with Crippen molar-refractivity contribution >= 4 is 21.6 Å². The third-order valence-corrected chi connectivity index (χ3v) is 6.71. The van der Waals surface area contributed by atoms with Gasteiger partial charge >= 0.3 is 0 Å². The van der Waals surface area contributed by atoms with Crippen molar-refractivity contribution in [2.45, 2.75) is 38.7 Å². The van der Waals surface area contributed by atoms with Crippen LogP contribution in [0.4, 0.5) is 4.39 Å². The number of aryl methyl sites for hydroxylation is 2. The molecule has 2 heterocycles. The fraction of sp³-hybridized carbons (Fsp3) is 0.250. The molecule has 152 valence electrons. The second-order valence-corrected chi connectivity index (χ2v) is 8.68. The number of halogens is 1. The van der Waals surface area contributed by atoms with Crippen LogP contribution >= 0.6 is 11.3 Å². The normalized spacial score (nSPS) is 13.8. The van der Waals surface area contributed by atoms with Crippen molar-refractivity contribution < 1.29 is 9.13 Å². The third-order valence-electron chi connectivity index (χ3n) is 5.52. The Hall–Kier alpha value is -2.99. The molecule has 5 rings (SSSR count). The van der Waals surface area contributed by atoms with Gasteiger partial charge in [-0.2, -0.15) is 0 Å². The number of hydrogen-bond acceptors (Lipinski definition) is 4. The first kappa shape index (κ1) is 19.0. The van der Waals surface area contributed by atoms with Gasteiger partial charge in [0.2, 0.25) is 0 Å². The molecule has 0 unspecified atom stereocenters. The second-order valence-electron chi connectivity index (χ2n) is 7.60. The predicted octanol–water partition coefficient (Wildman–Crippen LogP) is 5.64. The Morgan fingerprint density at radius 1 is 1.00 bits per heavy atom. The number of ether oxygens (including phenoxy) is 1. The number of benzene rings is 2. The van der Waals surface area contributed by atoms with E-state index < -0.39 is 0 Å². The number of fused-ring (bicyclic) bond motifs is 3. The van der Waals surface area contributed by atoms with Gasteiger partial charge in [-0.05, 0) is 73.2 Å². The summed E-state index contributed by atoms with van der Waals surface area (Å²) in [5.74, 6) is 1.02. The topological polar surface area (TPSA) is 55.0 Å². The van der Waals surface area contributed by atoms with E-state index in [1.54, 1.807) is 23.5 Å². The number of nitrogens with zero attached hydrogens (tertiary/aromatic N) is 1. The molecular formula is C24H21FN2O2S. The lowest BCUT2D eigenvalue weighted by atomic mass is 10.1. The number of thiophene rings is 1. The summed E-state index contributed by atoms with van der Waals surface area (Å²) in [4.78, 5) is 22.7. The Morgan fingerprint density at radius 2 is 1.77 bits per heavy atom. The molecule has 0 aliphatic heterocycles. The molecule has 0 saturated heterocycles. The molecule has 1 N–H and O–H groups in total. The van der Waals surface area contributed by atoms with Gasteiger partial charge < -0.3 is 9.72 Å². The first-order valence-electron chi connectivity index (χ1n) is 10.2. The van der Waals surface area contributed by atoms with E-state index in [1.165, 1.54) is 35.4 Å². The maximum atomic E-state index is 13.0. The first-order chi connectivity index (χ1) is 14.7. The fourth-order valence-electron chi connectivity index (χ4n) is 3.93. The van der Waals surface area contributed by atoms with Gasteiger partial charge in [-0.3, -0.25) is 4.79 Å². The van der Waals surface area contributed by atoms with Crippen LogP contribution in [0, 0.1) is 5.82 Å². The van der Waals surface area contributed by atoms with Crippen LogP contribution in [-0.4, -0.2) is 9.97 Å². The van der Waals surface area contributed by atoms with Crippen LogP contribution in [0.25, 0.3) is 21.6 Å². The molecule has 4 nitrogen and oxygen atoms in total. The summed E-state index contributed by atoms with van der Waals surface area (Å²) in [7, 11) is 0. The molecule has 2 aromatic heterocycles. The summed E-state index contributed by atoms with van der Waals surface area (Å²) in [5.41, 5.74) is 2.89. The largest absolute Gasteiger partial charge is 0.489 e. The lowest BCUT2D eigenvalue weighted by Crippen LogP contribution is -2.10. The predicted molar refractivity (Wildman–Crippen MR) is 118 cm³/mol. The quantitative estimate of drug-likeness (QED) is 0.435. The number of H-pyrrole nitrogens is 1. The zero-order valence-electron chi connectivity index (χ0n) is 16.4. The summed E-state index contributed by atoms with van der Waals surface area (Å²) >= 11 is 1.66. The van der Waals surface area contributed by atoms with Gasteiger partial charge in [0, 0.05) is 10.4 Å². The van der Waals surface area contributed by atoms with Gasteiger partial charge in [-0.15, -0.1) is 11.3 Å². The Kier molecular flexibility index (Phi) is 5.09. The average Bonchev–Trinajstić information content (AvgIpc) is 2.96. The van der Waals surface area contributed by atoms with Crippen LogP contribution in [0.1, 0.15) is 35.3 Å². The maximum absolute atomic E-state index is 13.0. The zero-order chi connectivity index (χ0) is 20.5. The lowest BCUT2D eigenvalue weighted by molar-refractivity contribution is 0.306. The molecule has 0 amide bonds. The Morgan fingerprint density at radius 3 is 2.57 bits per heavy atom. The van der Waals surface area contributed by atoms with Crippen molar-refractivity contribution in [3.8, 4) is 17.1 Å². The highest BCUT2D eigenvalue weighted by molar-refractivity contribution is 7.18. The van der Waals surface area contributed by atoms with Crippen molar-refractivity contribution in [3.63, 3.8) is 0 Å². The monoisotopic (exact) mass is 420 g/mol. The SMILES string of the molecule is O=c1[nH]c(-c2ccc(OCc3ccc(F)cc3)cc2)nc2sc3c(c12)CCCCC3. The van der Waals surface area contributed by atoms with Crippen LogP contribution in [-0.2, 0) is 19.4 Å². The second kappa shape index (κ2) is 8.03. The number of hydrogen-bond donors (Lipinski definition) is 1. The standard InChI is InChI=1S/C24H21FN2O2S/c25-17-10-6-15(7-11-17)14-29-18-12-8-16(9-13-18)22-26-23(28)21-19-4-2-1-3-5-20(19)30-24(21)27-22/h6-13H,1-5,14H2,(H,26,27,28). The molecule has 0 saturated carbocycles. The molecule has 0 fully saturated rings. The van der Waals surface area contributed by atoms with E-state index in [-0.39, 0.29) is 11.4 Å². The molecule has 2 aromatic carbocycles. The van der Waals surface area contributed by atoms with E-state index in [4.69, 9.17) is 9.72 Å². The number of aromatic amines is 1. The van der Waals surface area contributed by atoms with Gasteiger partial charge in [0.1, 0.15) is 28.8 Å². The van der Waals surface area contributed by atoms with Crippen molar-refractivity contribution in [2.75, 3.05) is 0 Å². The minimum Gasteiger partial charge on any atom is -0.489 e. The van der Waals surface area contributed by atoms with E-state index in [9.17, 15) is 9.18 Å². The van der Waals surface area contributed by atoms with E-state index >= 15 is 0 Å². The summed E-state index contributed by atoms with van der Waals surface area (Å²) in [6, 6.07) is 13.7. The molecule has 1 aliphatic carbocycles. The highest BCUT2D eigenvalue weighted by Crippen LogP contribution is 2.33. The highest BCUT2D eigenvalue weighted by Gasteiger charge is 2.19. The first-order valence-corrected chi connectivity index (χ1v) is 11.0. The van der Waals surface area contributed by atoms with Gasteiger partial charge in [-0.25, -0.2) is 9.37 Å². The minimum atomic E-state index is -0.260. The maximum Gasteiger partial charge on any atom is 0.260 e. The molecular weight excluding hydrogens is 399 g/mol. The Bertz CT molecular complexity index is 1240. The molecule has 4 aromatic rings. The van der Waals surface area contributed by atoms with Gasteiger partial charge in [0.05, 0.1) is 5.39 Å². The van der Waals surface area contributed by atoms with Crippen LogP contribution in [0.3, 0.4) is 0 Å². The number of rotatable bonds is 4. The molecule has 0 bridgehead atoms. The molecule has 6 heteroatoms. The Balaban J connectivity index is 1.38. The number of nitrogens with one attached hydrogen (secondary N) is 1. The van der Waals surface area contributed by atoms with Crippen LogP contribution < -0.4 is 10.3 Å². The van der Waals surface area contributed by atoms with Crippen molar-refractivity contribution in [3.05, 3.63) is 80.7 Å². The zero-order valence-corrected chi connectivity index (χ0v) is 17.2. The van der Waals surface area contributed by atoms with Crippen molar-refractivity contribution in [1.29, 1.82) is 0 Å². The van der Waals surface area contributed by atoms with Crippen molar-refractivity contribution in [1.82, 2.24) is 9.97 Å². The molecule has 0 radical (unpaired) electrons. The highest BCUT2D eigenvalue weighted by atomic mass is 32.1. The van der Waals surface area contributed by atoms with Crippen LogP contribution in [0.5, 0.6) is 5.75 Å². The summed E-state index contributed by atoms with van der Waals surface area (Å²) in [5, 5.41) is 0.778. The van der Waals surface area contributed by atoms with Gasteiger partial charge in [0.15, 0.2) is 0 Å². The van der Waals surface area contributed by atoms with Crippen LogP contribution in [0.2, 0.25) is 0 Å².